The van der Waals surface area contributed by atoms with Gasteiger partial charge in [-0.2, -0.15) is 0 Å². The van der Waals surface area contributed by atoms with Gasteiger partial charge in [-0.3, -0.25) is 43.2 Å². The molecule has 2 heterocycles. The average Bonchev–Trinajstić information content (AvgIpc) is 3.40. The van der Waals surface area contributed by atoms with Crippen molar-refractivity contribution in [2.45, 2.75) is 172 Å². The van der Waals surface area contributed by atoms with E-state index in [9.17, 15) is 78.6 Å². The lowest BCUT2D eigenvalue weighted by molar-refractivity contribution is -0.170. The van der Waals surface area contributed by atoms with Crippen LogP contribution in [0.5, 0.6) is 11.5 Å². The van der Waals surface area contributed by atoms with Gasteiger partial charge in [0.05, 0.1) is 12.7 Å². The number of aromatic hydroxyl groups is 2. The number of fused-ring (bicyclic) bond motifs is 2. The fraction of sp³-hybridized carbons (Fsp3) is 0.585. The number of hydrogen-bond acceptors (Lipinski definition) is 17. The Morgan fingerprint density at radius 1 is 0.772 bits per heavy atom. The largest absolute Gasteiger partial charge is 0.508 e. The molecule has 2 saturated heterocycles. The first-order valence-electron chi connectivity index (χ1n) is 26.3. The van der Waals surface area contributed by atoms with Gasteiger partial charge >= 0.3 is 5.97 Å². The van der Waals surface area contributed by atoms with E-state index >= 15 is 0 Å². The van der Waals surface area contributed by atoms with Crippen molar-refractivity contribution in [2.24, 2.45) is 17.6 Å². The molecule has 13 atom stereocenters. The summed E-state index contributed by atoms with van der Waals surface area (Å²) in [6, 6.07) is -1.54. The van der Waals surface area contributed by atoms with E-state index in [0.29, 0.717) is 11.1 Å². The number of piperidine rings is 1. The van der Waals surface area contributed by atoms with E-state index in [1.165, 1.54) is 57.3 Å². The molecule has 0 saturated carbocycles. The van der Waals surface area contributed by atoms with Crippen LogP contribution in [0.1, 0.15) is 97.6 Å². The van der Waals surface area contributed by atoms with Gasteiger partial charge in [-0.25, -0.2) is 4.79 Å². The number of likely N-dealkylation sites (N-methyl/N-ethyl adjacent to an activating group) is 1. The second kappa shape index (κ2) is 29.5. The molecule has 2 bridgehead atoms. The van der Waals surface area contributed by atoms with Crippen molar-refractivity contribution in [1.82, 2.24) is 41.7 Å². The van der Waals surface area contributed by atoms with Gasteiger partial charge in [-0.15, -0.1) is 0 Å². The molecule has 2 aromatic carbocycles. The molecule has 14 N–H and O–H groups in total. The van der Waals surface area contributed by atoms with E-state index < -0.39 is 157 Å². The summed E-state index contributed by atoms with van der Waals surface area (Å²) in [5.74, 6) is -11.7. The number of phenolic OH excluding ortho intramolecular Hbond substituents is 2. The molecule has 2 fully saturated rings. The van der Waals surface area contributed by atoms with Gasteiger partial charge in [0.1, 0.15) is 72.2 Å². The van der Waals surface area contributed by atoms with Crippen molar-refractivity contribution in [2.75, 3.05) is 13.7 Å². The van der Waals surface area contributed by atoms with Crippen LogP contribution < -0.4 is 37.6 Å². The van der Waals surface area contributed by atoms with Crippen LogP contribution in [0, 0.1) is 11.8 Å². The highest BCUT2D eigenvalue weighted by molar-refractivity contribution is 5.99. The maximum atomic E-state index is 14.8. The summed E-state index contributed by atoms with van der Waals surface area (Å²) in [6.07, 6.45) is -8.60. The van der Waals surface area contributed by atoms with Crippen LogP contribution in [0.15, 0.2) is 48.5 Å². The zero-order valence-electron chi connectivity index (χ0n) is 45.4. The fourth-order valence-corrected chi connectivity index (χ4v) is 9.09. The molecule has 0 aliphatic carbocycles. The highest BCUT2D eigenvalue weighted by Crippen LogP contribution is 2.26. The van der Waals surface area contributed by atoms with E-state index in [4.69, 9.17) is 10.5 Å². The maximum Gasteiger partial charge on any atom is 0.329 e. The van der Waals surface area contributed by atoms with Gasteiger partial charge < -0.3 is 82.8 Å². The Morgan fingerprint density at radius 3 is 1.91 bits per heavy atom. The van der Waals surface area contributed by atoms with Crippen LogP contribution in [0.4, 0.5) is 0 Å². The highest BCUT2D eigenvalue weighted by atomic mass is 16.5. The van der Waals surface area contributed by atoms with Gasteiger partial charge in [0.25, 0.3) is 5.91 Å². The third-order valence-corrected chi connectivity index (χ3v) is 13.9. The first kappa shape index (κ1) is 64.1. The van der Waals surface area contributed by atoms with E-state index in [2.05, 4.69) is 31.9 Å². The van der Waals surface area contributed by atoms with Crippen molar-refractivity contribution in [3.8, 4) is 11.5 Å². The molecule has 4 rings (SSSR count). The lowest BCUT2D eigenvalue weighted by Gasteiger charge is -2.43. The standard InChI is InChI=1S/C53H77N9O17/c1-8-27(4)42-53(78)79-29(6)43(60-46(71)35(19-21-40(54)68)55-45(70)34(56-49(74)39(67)25-63)18-13-30-9-14-32(65)15-10-30)50(75)58-37(23-26(2)3)47(72)57-36-20-22-41(69)62(51(36)76)44(28(5)64)52(77)61(7)38(48(73)59-42)24-31-11-16-33(66)17-12-31/h9-12,14-17,26-29,34-39,41-44,63-67,69H,8,13,18-25H2,1-7H3,(H2,54,68)(H,55,70)(H,56,74)(H,57,72)(H,58,75)(H,59,73)(H,60,71)/t27?,28?,29-,34+,35+,36+,37+,38+,39-,41-,42+,43+,44+/m1/s1. The molecular formula is C53H77N9O17. The number of nitrogens with zero attached hydrogens (tertiary/aromatic N) is 2. The Morgan fingerprint density at radius 2 is 1.35 bits per heavy atom. The summed E-state index contributed by atoms with van der Waals surface area (Å²) in [4.78, 5) is 143. The molecule has 436 valence electrons. The summed E-state index contributed by atoms with van der Waals surface area (Å²) < 4.78 is 5.91. The molecule has 2 aliphatic rings. The minimum atomic E-state index is -1.96. The first-order valence-corrected chi connectivity index (χ1v) is 26.3. The number of cyclic esters (lactones) is 1. The van der Waals surface area contributed by atoms with E-state index in [0.717, 1.165) is 9.80 Å². The number of aliphatic hydroxyl groups is 4. The van der Waals surface area contributed by atoms with Gasteiger partial charge in [0.15, 0.2) is 6.10 Å². The molecule has 26 nitrogen and oxygen atoms in total. The van der Waals surface area contributed by atoms with E-state index in [1.807, 2.05) is 0 Å². The molecule has 0 spiro atoms. The minimum Gasteiger partial charge on any atom is -0.508 e. The third-order valence-electron chi connectivity index (χ3n) is 13.9. The van der Waals surface area contributed by atoms with E-state index in [1.54, 1.807) is 39.8 Å². The van der Waals surface area contributed by atoms with Crippen molar-refractivity contribution >= 4 is 59.1 Å². The number of ether oxygens (including phenoxy) is 1. The topological polar surface area (TPSA) is 406 Å². The number of phenols is 2. The summed E-state index contributed by atoms with van der Waals surface area (Å²) in [6.45, 7) is 8.12. The second-order valence-corrected chi connectivity index (χ2v) is 20.6. The Kier molecular flexibility index (Phi) is 24.0. The second-order valence-electron chi connectivity index (χ2n) is 20.6. The number of carbonyl (C=O) groups is 10. The van der Waals surface area contributed by atoms with Gasteiger partial charge in [0.2, 0.25) is 47.3 Å². The Bertz CT molecular complexity index is 2480. The number of esters is 1. The van der Waals surface area contributed by atoms with Crippen LogP contribution in [-0.2, 0) is 65.5 Å². The van der Waals surface area contributed by atoms with Crippen LogP contribution in [0.25, 0.3) is 0 Å². The number of benzene rings is 2. The van der Waals surface area contributed by atoms with Crippen molar-refractivity contribution in [3.05, 3.63) is 59.7 Å². The first-order chi connectivity index (χ1) is 37.2. The monoisotopic (exact) mass is 1110 g/mol. The number of nitrogens with two attached hydrogens (primary N) is 1. The Balaban J connectivity index is 1.84. The SMILES string of the molecule is CCC(C)[C@@H]1NC(=O)[C@H](Cc2ccc(O)cc2)N(C)C(=O)[C@H](C(C)O)N2C(=O)[C@H](CC[C@H]2O)NC(=O)[C@H](CC(C)C)NC(=O)[C@@H](NC(=O)[C@H](CCC(N)=O)NC(=O)[C@H](CCc2ccc(O)cc2)NC(=O)[C@H](O)CO)[C@@H](C)OC1=O. The molecule has 79 heavy (non-hydrogen) atoms. The molecule has 0 aromatic heterocycles. The molecule has 0 radical (unpaired) electrons. The molecule has 26 heteroatoms. The summed E-state index contributed by atoms with van der Waals surface area (Å²) >= 11 is 0. The molecule has 2 aromatic rings. The van der Waals surface area contributed by atoms with Crippen molar-refractivity contribution in [1.29, 1.82) is 0 Å². The highest BCUT2D eigenvalue weighted by Gasteiger charge is 2.47. The number of hydrogen-bond donors (Lipinski definition) is 13. The molecule has 2 aliphatic heterocycles. The minimum absolute atomic E-state index is 0.0484. The zero-order valence-corrected chi connectivity index (χ0v) is 45.4. The van der Waals surface area contributed by atoms with Crippen molar-refractivity contribution in [3.63, 3.8) is 0 Å². The number of primary amides is 1. The normalized spacial score (nSPS) is 24.7. The number of amides is 9. The maximum absolute atomic E-state index is 14.8. The number of aryl methyl sites for hydroxylation is 1. The number of nitrogens with one attached hydrogen (secondary N) is 6. The van der Waals surface area contributed by atoms with Crippen LogP contribution in [0.3, 0.4) is 0 Å². The average molecular weight is 1110 g/mol. The summed E-state index contributed by atoms with van der Waals surface area (Å²) in [5.41, 5.74) is 6.48. The van der Waals surface area contributed by atoms with Crippen LogP contribution in [0.2, 0.25) is 0 Å². The van der Waals surface area contributed by atoms with Gasteiger partial charge in [0, 0.05) is 19.9 Å². The van der Waals surface area contributed by atoms with Crippen molar-refractivity contribution < 1.29 is 83.3 Å². The molecule has 9 amide bonds. The summed E-state index contributed by atoms with van der Waals surface area (Å²) in [7, 11) is 1.22. The lowest BCUT2D eigenvalue weighted by Crippen LogP contribution is -2.67. The van der Waals surface area contributed by atoms with Gasteiger partial charge in [-0.1, -0.05) is 58.4 Å². The van der Waals surface area contributed by atoms with Gasteiger partial charge in [-0.05, 0) is 99.6 Å². The quantitative estimate of drug-likeness (QED) is 0.0603. The van der Waals surface area contributed by atoms with Crippen LogP contribution >= 0.6 is 0 Å². The number of rotatable bonds is 20. The number of aliphatic hydroxyl groups excluding tert-OH is 4. The molecule has 2 unspecified atom stereocenters. The summed E-state index contributed by atoms with van der Waals surface area (Å²) in [5, 5.41) is 76.9. The molecular weight excluding hydrogens is 1030 g/mol. The zero-order chi connectivity index (χ0) is 59.0. The van der Waals surface area contributed by atoms with E-state index in [-0.39, 0.29) is 62.4 Å². The Hall–Kier alpha value is -7.42. The smallest absolute Gasteiger partial charge is 0.329 e. The third kappa shape index (κ3) is 18.1. The predicted octanol–water partition coefficient (Wildman–Crippen LogP) is -2.64. The predicted molar refractivity (Wildman–Crippen MR) is 280 cm³/mol. The lowest BCUT2D eigenvalue weighted by atomic mass is 9.95. The fourth-order valence-electron chi connectivity index (χ4n) is 9.09. The number of carbonyl (C=O) groups excluding carboxylic acids is 10. The Labute approximate surface area is 457 Å². The van der Waals surface area contributed by atoms with Crippen LogP contribution in [-0.4, -0.2) is 186 Å².